The van der Waals surface area contributed by atoms with Crippen LogP contribution >= 0.6 is 0 Å². The lowest BCUT2D eigenvalue weighted by Gasteiger charge is -2.06. The first-order valence-electron chi connectivity index (χ1n) is 6.70. The molecule has 22 heavy (non-hydrogen) atoms. The zero-order valence-electron chi connectivity index (χ0n) is 12.1. The highest BCUT2D eigenvalue weighted by Gasteiger charge is 2.12. The van der Waals surface area contributed by atoms with Gasteiger partial charge < -0.3 is 5.32 Å². The van der Waals surface area contributed by atoms with E-state index in [2.05, 4.69) is 5.32 Å². The summed E-state index contributed by atoms with van der Waals surface area (Å²) in [6, 6.07) is 10.7. The van der Waals surface area contributed by atoms with Crippen LogP contribution in [0.3, 0.4) is 0 Å². The number of hydrogen-bond donors (Lipinski definition) is 1. The summed E-state index contributed by atoms with van der Waals surface area (Å²) in [5.74, 6) is -0.775. The monoisotopic (exact) mass is 299 g/mol. The van der Waals surface area contributed by atoms with Crippen LogP contribution in [0.25, 0.3) is 11.0 Å². The van der Waals surface area contributed by atoms with E-state index in [9.17, 15) is 14.0 Å². The highest BCUT2D eigenvalue weighted by atomic mass is 19.1. The molecule has 0 radical (unpaired) electrons. The number of benzene rings is 2. The Morgan fingerprint density at radius 3 is 2.50 bits per heavy atom. The molecule has 0 unspecified atom stereocenters. The lowest BCUT2D eigenvalue weighted by Crippen LogP contribution is -2.19. The number of hydrogen-bond acceptors (Lipinski definition) is 2. The van der Waals surface area contributed by atoms with Gasteiger partial charge in [0.1, 0.15) is 5.82 Å². The lowest BCUT2D eigenvalue weighted by atomic mass is 10.1. The largest absolute Gasteiger partial charge is 0.328 e. The minimum absolute atomic E-state index is 0.155. The fourth-order valence-electron chi connectivity index (χ4n) is 2.42. The lowest BCUT2D eigenvalue weighted by molar-refractivity contribution is 0.102. The summed E-state index contributed by atoms with van der Waals surface area (Å²) < 4.78 is 16.1. The molecule has 0 aliphatic heterocycles. The van der Waals surface area contributed by atoms with Crippen LogP contribution in [0.15, 0.2) is 47.3 Å². The number of amides is 1. The Kier molecular flexibility index (Phi) is 3.29. The van der Waals surface area contributed by atoms with Crippen LogP contribution in [0.2, 0.25) is 0 Å². The molecule has 0 spiro atoms. The fraction of sp³-hybridized carbons (Fsp3) is 0.125. The number of nitrogens with zero attached hydrogens (tertiary/aromatic N) is 2. The number of rotatable bonds is 2. The molecule has 5 nitrogen and oxygen atoms in total. The quantitative estimate of drug-likeness (QED) is 0.789. The van der Waals surface area contributed by atoms with Crippen LogP contribution < -0.4 is 11.0 Å². The number of aryl methyl sites for hydroxylation is 2. The Bertz CT molecular complexity index is 940. The van der Waals surface area contributed by atoms with Crippen LogP contribution in [0.4, 0.5) is 10.1 Å². The summed E-state index contributed by atoms with van der Waals surface area (Å²) >= 11 is 0. The van der Waals surface area contributed by atoms with E-state index in [1.165, 1.54) is 27.3 Å². The molecule has 1 aromatic heterocycles. The van der Waals surface area contributed by atoms with Gasteiger partial charge in [-0.25, -0.2) is 9.18 Å². The first kappa shape index (κ1) is 14.1. The number of fused-ring (bicyclic) bond motifs is 1. The van der Waals surface area contributed by atoms with Crippen LogP contribution in [-0.2, 0) is 14.1 Å². The molecule has 0 saturated carbocycles. The molecule has 0 saturated heterocycles. The molecule has 0 fully saturated rings. The van der Waals surface area contributed by atoms with E-state index in [4.69, 9.17) is 0 Å². The molecule has 0 aliphatic carbocycles. The molecule has 1 N–H and O–H groups in total. The van der Waals surface area contributed by atoms with Crippen molar-refractivity contribution in [1.82, 2.24) is 9.13 Å². The number of carbonyl (C=O) groups is 1. The van der Waals surface area contributed by atoms with Gasteiger partial charge in [0.05, 0.1) is 11.0 Å². The van der Waals surface area contributed by atoms with Gasteiger partial charge in [-0.15, -0.1) is 0 Å². The molecule has 0 aliphatic rings. The molecule has 1 heterocycles. The van der Waals surface area contributed by atoms with Gasteiger partial charge in [0.2, 0.25) is 0 Å². The first-order valence-corrected chi connectivity index (χ1v) is 6.70. The van der Waals surface area contributed by atoms with Crippen molar-refractivity contribution < 1.29 is 9.18 Å². The van der Waals surface area contributed by atoms with Crippen LogP contribution in [0.1, 0.15) is 10.4 Å². The standard InChI is InChI=1S/C16H14FN3O2/c1-19-13-7-6-10(8-14(13)20(2)16(19)22)15(21)18-12-5-3-4-11(17)9-12/h3-9H,1-2H3,(H,18,21). The highest BCUT2D eigenvalue weighted by molar-refractivity contribution is 6.05. The minimum atomic E-state index is -0.418. The van der Waals surface area contributed by atoms with Crippen LogP contribution in [0.5, 0.6) is 0 Å². The van der Waals surface area contributed by atoms with E-state index in [1.54, 1.807) is 38.4 Å². The number of aromatic nitrogens is 2. The Morgan fingerprint density at radius 1 is 1.05 bits per heavy atom. The molecule has 3 aromatic rings. The van der Waals surface area contributed by atoms with Gasteiger partial charge in [-0.05, 0) is 36.4 Å². The number of imidazole rings is 1. The van der Waals surface area contributed by atoms with Gasteiger partial charge in [-0.3, -0.25) is 13.9 Å². The van der Waals surface area contributed by atoms with Crippen LogP contribution in [-0.4, -0.2) is 15.0 Å². The Hall–Kier alpha value is -2.89. The van der Waals surface area contributed by atoms with Crippen molar-refractivity contribution in [1.29, 1.82) is 0 Å². The first-order chi connectivity index (χ1) is 10.5. The van der Waals surface area contributed by atoms with Crippen LogP contribution in [0, 0.1) is 5.82 Å². The van der Waals surface area contributed by atoms with Gasteiger partial charge in [-0.1, -0.05) is 6.07 Å². The maximum Gasteiger partial charge on any atom is 0.328 e. The Labute approximate surface area is 125 Å². The van der Waals surface area contributed by atoms with E-state index in [1.807, 2.05) is 0 Å². The van der Waals surface area contributed by atoms with Crippen molar-refractivity contribution in [3.63, 3.8) is 0 Å². The molecular weight excluding hydrogens is 285 g/mol. The molecule has 0 bridgehead atoms. The average Bonchev–Trinajstić information content (AvgIpc) is 2.72. The van der Waals surface area contributed by atoms with E-state index in [-0.39, 0.29) is 11.6 Å². The number of nitrogens with one attached hydrogen (secondary N) is 1. The average molecular weight is 299 g/mol. The maximum atomic E-state index is 13.1. The predicted octanol–water partition coefficient (Wildman–Crippen LogP) is 2.27. The summed E-state index contributed by atoms with van der Waals surface area (Å²) in [5, 5.41) is 2.63. The van der Waals surface area contributed by atoms with E-state index >= 15 is 0 Å². The van der Waals surface area contributed by atoms with Crippen molar-refractivity contribution in [3.8, 4) is 0 Å². The van der Waals surface area contributed by atoms with Crippen molar-refractivity contribution >= 4 is 22.6 Å². The van der Waals surface area contributed by atoms with Crippen molar-refractivity contribution in [2.75, 3.05) is 5.32 Å². The second-order valence-electron chi connectivity index (χ2n) is 5.07. The Morgan fingerprint density at radius 2 is 1.77 bits per heavy atom. The summed E-state index contributed by atoms with van der Waals surface area (Å²) in [7, 11) is 3.33. The van der Waals surface area contributed by atoms with Gasteiger partial charge in [0.15, 0.2) is 0 Å². The van der Waals surface area contributed by atoms with Gasteiger partial charge >= 0.3 is 5.69 Å². The highest BCUT2D eigenvalue weighted by Crippen LogP contribution is 2.16. The summed E-state index contributed by atoms with van der Waals surface area (Å²) in [4.78, 5) is 24.1. The van der Waals surface area contributed by atoms with Crippen molar-refractivity contribution in [2.24, 2.45) is 14.1 Å². The third-order valence-corrected chi connectivity index (χ3v) is 3.62. The zero-order chi connectivity index (χ0) is 15.9. The minimum Gasteiger partial charge on any atom is -0.322 e. The second-order valence-corrected chi connectivity index (χ2v) is 5.07. The molecule has 112 valence electrons. The molecule has 0 atom stereocenters. The molecular formula is C16H14FN3O2. The van der Waals surface area contributed by atoms with E-state index in [0.717, 1.165) is 5.52 Å². The normalized spacial score (nSPS) is 10.9. The topological polar surface area (TPSA) is 56.0 Å². The smallest absolute Gasteiger partial charge is 0.322 e. The number of anilines is 1. The second kappa shape index (κ2) is 5.14. The van der Waals surface area contributed by atoms with Gasteiger partial charge in [0, 0.05) is 25.3 Å². The van der Waals surface area contributed by atoms with Crippen molar-refractivity contribution in [3.05, 3.63) is 64.3 Å². The third kappa shape index (κ3) is 2.28. The summed E-state index contributed by atoms with van der Waals surface area (Å²) in [5.41, 5.74) is 2.04. The third-order valence-electron chi connectivity index (χ3n) is 3.62. The SMILES string of the molecule is Cn1c(=O)n(C)c2cc(C(=O)Nc3cccc(F)c3)ccc21. The summed E-state index contributed by atoms with van der Waals surface area (Å²) in [6.07, 6.45) is 0. The van der Waals surface area contributed by atoms with Crippen molar-refractivity contribution in [2.45, 2.75) is 0 Å². The zero-order valence-corrected chi connectivity index (χ0v) is 12.1. The number of halogens is 1. The van der Waals surface area contributed by atoms with E-state index in [0.29, 0.717) is 16.8 Å². The van der Waals surface area contributed by atoms with Gasteiger partial charge in [-0.2, -0.15) is 0 Å². The van der Waals surface area contributed by atoms with E-state index < -0.39 is 5.82 Å². The summed E-state index contributed by atoms with van der Waals surface area (Å²) in [6.45, 7) is 0. The van der Waals surface area contributed by atoms with Gasteiger partial charge in [0.25, 0.3) is 5.91 Å². The molecule has 2 aromatic carbocycles. The number of carbonyl (C=O) groups excluding carboxylic acids is 1. The maximum absolute atomic E-state index is 13.1. The molecule has 1 amide bonds. The Balaban J connectivity index is 1.98. The molecule has 6 heteroatoms. The fourth-order valence-corrected chi connectivity index (χ4v) is 2.42. The molecule has 3 rings (SSSR count). The predicted molar refractivity (Wildman–Crippen MR) is 82.5 cm³/mol.